The van der Waals surface area contributed by atoms with E-state index >= 15 is 0 Å². The summed E-state index contributed by atoms with van der Waals surface area (Å²) in [6.07, 6.45) is 6.83. The van der Waals surface area contributed by atoms with E-state index in [-0.39, 0.29) is 0 Å². The van der Waals surface area contributed by atoms with Crippen molar-refractivity contribution in [2.75, 3.05) is 6.61 Å². The minimum absolute atomic E-state index is 0.382. The van der Waals surface area contributed by atoms with E-state index in [9.17, 15) is 4.79 Å². The average Bonchev–Trinajstić information content (AvgIpc) is 2.37. The van der Waals surface area contributed by atoms with Gasteiger partial charge in [-0.2, -0.15) is 0 Å². The summed E-state index contributed by atoms with van der Waals surface area (Å²) >= 11 is 0. The van der Waals surface area contributed by atoms with Gasteiger partial charge in [0.25, 0.3) is 0 Å². The van der Waals surface area contributed by atoms with Crippen molar-refractivity contribution in [2.24, 2.45) is 5.92 Å². The third-order valence-corrected chi connectivity index (χ3v) is 3.27. The van der Waals surface area contributed by atoms with Crippen molar-refractivity contribution < 1.29 is 14.3 Å². The van der Waals surface area contributed by atoms with Gasteiger partial charge in [-0.3, -0.25) is 0 Å². The van der Waals surface area contributed by atoms with Gasteiger partial charge in [-0.05, 0) is 31.3 Å². The standard InChI is InChI=1S/C16H30O3/c1-6-10-14(5)13-18-15(17)19-16(9-4,11-7-2)12-8-3/h9,14H,4,6-8,10-13H2,1-3,5H3. The zero-order valence-corrected chi connectivity index (χ0v) is 13.0. The van der Waals surface area contributed by atoms with E-state index in [0.717, 1.165) is 38.5 Å². The van der Waals surface area contributed by atoms with Crippen molar-refractivity contribution in [3.8, 4) is 0 Å². The van der Waals surface area contributed by atoms with Crippen LogP contribution < -0.4 is 0 Å². The molecule has 0 radical (unpaired) electrons. The van der Waals surface area contributed by atoms with E-state index in [0.29, 0.717) is 12.5 Å². The van der Waals surface area contributed by atoms with E-state index in [1.54, 1.807) is 6.08 Å². The number of ether oxygens (including phenoxy) is 2. The molecule has 0 bridgehead atoms. The predicted molar refractivity (Wildman–Crippen MR) is 79.2 cm³/mol. The molecular formula is C16H30O3. The first-order chi connectivity index (χ1) is 9.03. The number of hydrogen-bond donors (Lipinski definition) is 0. The van der Waals surface area contributed by atoms with Gasteiger partial charge in [0.1, 0.15) is 5.60 Å². The summed E-state index contributed by atoms with van der Waals surface area (Å²) in [6.45, 7) is 12.6. The second-order valence-electron chi connectivity index (χ2n) is 5.33. The third-order valence-electron chi connectivity index (χ3n) is 3.27. The fraction of sp³-hybridized carbons (Fsp3) is 0.812. The van der Waals surface area contributed by atoms with Gasteiger partial charge in [0.05, 0.1) is 6.61 Å². The largest absolute Gasteiger partial charge is 0.509 e. The van der Waals surface area contributed by atoms with Gasteiger partial charge in [-0.1, -0.05) is 53.5 Å². The zero-order valence-electron chi connectivity index (χ0n) is 13.0. The Kier molecular flexibility index (Phi) is 9.36. The predicted octanol–water partition coefficient (Wildman–Crippen LogP) is 5.10. The van der Waals surface area contributed by atoms with Crippen LogP contribution in [0.1, 0.15) is 66.2 Å². The maximum atomic E-state index is 11.8. The molecule has 0 aromatic heterocycles. The Morgan fingerprint density at radius 2 is 1.79 bits per heavy atom. The Morgan fingerprint density at radius 3 is 2.21 bits per heavy atom. The van der Waals surface area contributed by atoms with Crippen LogP contribution in [0, 0.1) is 5.92 Å². The molecule has 0 fully saturated rings. The summed E-state index contributed by atoms with van der Waals surface area (Å²) in [7, 11) is 0. The van der Waals surface area contributed by atoms with Crippen LogP contribution in [-0.2, 0) is 9.47 Å². The molecule has 0 saturated carbocycles. The van der Waals surface area contributed by atoms with E-state index in [2.05, 4.69) is 34.3 Å². The Balaban J connectivity index is 4.34. The highest BCUT2D eigenvalue weighted by molar-refractivity contribution is 5.61. The van der Waals surface area contributed by atoms with E-state index in [4.69, 9.17) is 9.47 Å². The molecule has 3 nitrogen and oxygen atoms in total. The van der Waals surface area contributed by atoms with E-state index in [1.807, 2.05) is 0 Å². The molecule has 0 saturated heterocycles. The molecule has 0 heterocycles. The minimum atomic E-state index is -0.565. The monoisotopic (exact) mass is 270 g/mol. The normalized spacial score (nSPS) is 12.8. The lowest BCUT2D eigenvalue weighted by molar-refractivity contribution is -0.0238. The van der Waals surface area contributed by atoms with Crippen LogP contribution >= 0.6 is 0 Å². The number of carbonyl (C=O) groups excluding carboxylic acids is 1. The molecule has 1 unspecified atom stereocenters. The zero-order chi connectivity index (χ0) is 14.7. The molecule has 0 rings (SSSR count). The van der Waals surface area contributed by atoms with Crippen molar-refractivity contribution in [1.82, 2.24) is 0 Å². The van der Waals surface area contributed by atoms with E-state index < -0.39 is 11.8 Å². The van der Waals surface area contributed by atoms with Gasteiger partial charge < -0.3 is 9.47 Å². The van der Waals surface area contributed by atoms with Gasteiger partial charge in [0.15, 0.2) is 0 Å². The van der Waals surface area contributed by atoms with Crippen molar-refractivity contribution >= 4 is 6.16 Å². The molecule has 1 atom stereocenters. The van der Waals surface area contributed by atoms with Crippen molar-refractivity contribution in [3.05, 3.63) is 12.7 Å². The van der Waals surface area contributed by atoms with Crippen LogP contribution in [0.4, 0.5) is 4.79 Å². The lowest BCUT2D eigenvalue weighted by Gasteiger charge is -2.29. The second-order valence-corrected chi connectivity index (χ2v) is 5.33. The topological polar surface area (TPSA) is 35.5 Å². The molecular weight excluding hydrogens is 240 g/mol. The van der Waals surface area contributed by atoms with Crippen LogP contribution in [0.3, 0.4) is 0 Å². The first-order valence-electron chi connectivity index (χ1n) is 7.52. The maximum Gasteiger partial charge on any atom is 0.509 e. The van der Waals surface area contributed by atoms with Gasteiger partial charge in [0.2, 0.25) is 0 Å². The molecule has 0 aliphatic rings. The summed E-state index contributed by atoms with van der Waals surface area (Å²) < 4.78 is 10.7. The Hall–Kier alpha value is -0.990. The van der Waals surface area contributed by atoms with Crippen LogP contribution in [0.2, 0.25) is 0 Å². The summed E-state index contributed by atoms with van der Waals surface area (Å²) in [4.78, 5) is 11.8. The van der Waals surface area contributed by atoms with Gasteiger partial charge in [0, 0.05) is 0 Å². The first-order valence-corrected chi connectivity index (χ1v) is 7.52. The number of carbonyl (C=O) groups is 1. The maximum absolute atomic E-state index is 11.8. The molecule has 0 spiro atoms. The van der Waals surface area contributed by atoms with Crippen LogP contribution in [0.15, 0.2) is 12.7 Å². The summed E-state index contributed by atoms with van der Waals surface area (Å²) in [5, 5.41) is 0. The minimum Gasteiger partial charge on any atom is -0.434 e. The smallest absolute Gasteiger partial charge is 0.434 e. The van der Waals surface area contributed by atoms with E-state index in [1.165, 1.54) is 0 Å². The average molecular weight is 270 g/mol. The molecule has 0 aliphatic carbocycles. The molecule has 0 N–H and O–H groups in total. The number of rotatable bonds is 10. The molecule has 3 heteroatoms. The summed E-state index contributed by atoms with van der Waals surface area (Å²) in [5.74, 6) is 0.382. The van der Waals surface area contributed by atoms with Crippen LogP contribution in [0.5, 0.6) is 0 Å². The molecule has 19 heavy (non-hydrogen) atoms. The molecule has 0 aliphatic heterocycles. The highest BCUT2D eigenvalue weighted by atomic mass is 16.7. The van der Waals surface area contributed by atoms with Gasteiger partial charge in [-0.15, -0.1) is 0 Å². The lowest BCUT2D eigenvalue weighted by Crippen LogP contribution is -2.33. The first kappa shape index (κ1) is 18.0. The summed E-state index contributed by atoms with van der Waals surface area (Å²) in [6, 6.07) is 0. The Bertz CT molecular complexity index is 255. The van der Waals surface area contributed by atoms with Crippen molar-refractivity contribution in [3.63, 3.8) is 0 Å². The Labute approximate surface area is 118 Å². The quantitative estimate of drug-likeness (QED) is 0.409. The highest BCUT2D eigenvalue weighted by Gasteiger charge is 2.30. The van der Waals surface area contributed by atoms with Crippen LogP contribution in [-0.4, -0.2) is 18.4 Å². The van der Waals surface area contributed by atoms with Crippen molar-refractivity contribution in [2.45, 2.75) is 71.8 Å². The lowest BCUT2D eigenvalue weighted by atomic mass is 9.93. The fourth-order valence-electron chi connectivity index (χ4n) is 2.30. The molecule has 0 amide bonds. The fourth-order valence-corrected chi connectivity index (χ4v) is 2.30. The summed E-state index contributed by atoms with van der Waals surface area (Å²) in [5.41, 5.74) is -0.561. The van der Waals surface area contributed by atoms with Crippen molar-refractivity contribution in [1.29, 1.82) is 0 Å². The molecule has 0 aromatic carbocycles. The van der Waals surface area contributed by atoms with Gasteiger partial charge in [-0.25, -0.2) is 4.79 Å². The number of hydrogen-bond acceptors (Lipinski definition) is 3. The Morgan fingerprint density at radius 1 is 1.21 bits per heavy atom. The third kappa shape index (κ3) is 7.24. The SMILES string of the molecule is C=CC(CCC)(CCC)OC(=O)OCC(C)CCC. The van der Waals surface area contributed by atoms with Crippen LogP contribution in [0.25, 0.3) is 0 Å². The van der Waals surface area contributed by atoms with Gasteiger partial charge >= 0.3 is 6.16 Å². The molecule has 112 valence electrons. The highest BCUT2D eigenvalue weighted by Crippen LogP contribution is 2.26. The molecule has 0 aromatic rings. The second kappa shape index (κ2) is 9.88.